The van der Waals surface area contributed by atoms with Crippen molar-refractivity contribution in [2.24, 2.45) is 5.73 Å². The maximum absolute atomic E-state index is 11.8. The van der Waals surface area contributed by atoms with Crippen LogP contribution in [-0.4, -0.2) is 6.03 Å². The van der Waals surface area contributed by atoms with Crippen LogP contribution in [0.3, 0.4) is 0 Å². The quantitative estimate of drug-likeness (QED) is 0.799. The zero-order chi connectivity index (χ0) is 14.4. The predicted octanol–water partition coefficient (Wildman–Crippen LogP) is 2.78. The number of carbonyl (C=O) groups excluding carboxylic acids is 1. The molecule has 104 valence electrons. The van der Waals surface area contributed by atoms with Gasteiger partial charge >= 0.3 is 6.03 Å². The molecular formula is C16H19N3O. The first-order valence-corrected chi connectivity index (χ1v) is 6.57. The monoisotopic (exact) mass is 269 g/mol. The first-order chi connectivity index (χ1) is 9.69. The highest BCUT2D eigenvalue weighted by molar-refractivity contribution is 5.89. The molecule has 2 aromatic carbocycles. The number of benzene rings is 2. The number of hydrogen-bond acceptors (Lipinski definition) is 2. The average Bonchev–Trinajstić information content (AvgIpc) is 2.45. The van der Waals surface area contributed by atoms with E-state index in [2.05, 4.69) is 10.6 Å². The van der Waals surface area contributed by atoms with Crippen molar-refractivity contribution in [1.29, 1.82) is 0 Å². The van der Waals surface area contributed by atoms with E-state index in [0.29, 0.717) is 13.1 Å². The Morgan fingerprint density at radius 1 is 1.10 bits per heavy atom. The Bertz CT molecular complexity index is 596. The molecule has 4 nitrogen and oxygen atoms in total. The molecule has 2 rings (SSSR count). The molecule has 0 aromatic heterocycles. The van der Waals surface area contributed by atoms with Crippen molar-refractivity contribution in [2.75, 3.05) is 5.32 Å². The Kier molecular flexibility index (Phi) is 4.74. The molecule has 2 amide bonds. The normalized spacial score (nSPS) is 10.1. The van der Waals surface area contributed by atoms with E-state index in [9.17, 15) is 4.79 Å². The fraction of sp³-hybridized carbons (Fsp3) is 0.188. The Labute approximate surface area is 119 Å². The first-order valence-electron chi connectivity index (χ1n) is 6.57. The van der Waals surface area contributed by atoms with E-state index in [1.54, 1.807) is 0 Å². The van der Waals surface area contributed by atoms with Gasteiger partial charge in [-0.2, -0.15) is 0 Å². The van der Waals surface area contributed by atoms with Gasteiger partial charge in [-0.15, -0.1) is 0 Å². The highest BCUT2D eigenvalue weighted by Crippen LogP contribution is 2.10. The van der Waals surface area contributed by atoms with E-state index in [1.165, 1.54) is 0 Å². The molecule has 0 fully saturated rings. The molecule has 0 heterocycles. The summed E-state index contributed by atoms with van der Waals surface area (Å²) >= 11 is 0. The van der Waals surface area contributed by atoms with Crippen molar-refractivity contribution in [1.82, 2.24) is 5.32 Å². The molecule has 0 saturated heterocycles. The Morgan fingerprint density at radius 2 is 1.85 bits per heavy atom. The lowest BCUT2D eigenvalue weighted by atomic mass is 10.1. The third-order valence-corrected chi connectivity index (χ3v) is 3.05. The summed E-state index contributed by atoms with van der Waals surface area (Å²) in [5.41, 5.74) is 9.64. The minimum atomic E-state index is -0.220. The van der Waals surface area contributed by atoms with Crippen LogP contribution in [0.4, 0.5) is 10.5 Å². The first kappa shape index (κ1) is 14.1. The Hall–Kier alpha value is -2.33. The summed E-state index contributed by atoms with van der Waals surface area (Å²) in [7, 11) is 0. The summed E-state index contributed by atoms with van der Waals surface area (Å²) < 4.78 is 0. The maximum Gasteiger partial charge on any atom is 0.319 e. The van der Waals surface area contributed by atoms with Gasteiger partial charge < -0.3 is 16.4 Å². The second kappa shape index (κ2) is 6.73. The summed E-state index contributed by atoms with van der Waals surface area (Å²) in [5.74, 6) is 0. The fourth-order valence-electron chi connectivity index (χ4n) is 2.00. The van der Waals surface area contributed by atoms with Crippen LogP contribution >= 0.6 is 0 Å². The smallest absolute Gasteiger partial charge is 0.319 e. The number of hydrogen-bond donors (Lipinski definition) is 3. The van der Waals surface area contributed by atoms with Crippen molar-refractivity contribution in [3.63, 3.8) is 0 Å². The van der Waals surface area contributed by atoms with Crippen molar-refractivity contribution in [2.45, 2.75) is 20.0 Å². The number of urea groups is 1. The molecular weight excluding hydrogens is 250 g/mol. The third kappa shape index (κ3) is 3.83. The molecule has 0 aliphatic rings. The molecule has 0 spiro atoms. The molecule has 4 heteroatoms. The van der Waals surface area contributed by atoms with Gasteiger partial charge in [0.2, 0.25) is 0 Å². The van der Waals surface area contributed by atoms with Crippen LogP contribution < -0.4 is 16.4 Å². The van der Waals surface area contributed by atoms with E-state index in [1.807, 2.05) is 55.5 Å². The predicted molar refractivity (Wildman–Crippen MR) is 81.4 cm³/mol. The van der Waals surface area contributed by atoms with Crippen molar-refractivity contribution in [3.8, 4) is 0 Å². The number of nitrogens with two attached hydrogens (primary N) is 1. The molecule has 20 heavy (non-hydrogen) atoms. The highest BCUT2D eigenvalue weighted by atomic mass is 16.2. The van der Waals surface area contributed by atoms with Crippen LogP contribution in [0.15, 0.2) is 48.5 Å². The summed E-state index contributed by atoms with van der Waals surface area (Å²) in [6.45, 7) is 2.92. The van der Waals surface area contributed by atoms with Crippen molar-refractivity contribution in [3.05, 3.63) is 65.2 Å². The number of nitrogens with one attached hydrogen (secondary N) is 2. The van der Waals surface area contributed by atoms with E-state index in [0.717, 1.165) is 22.4 Å². The largest absolute Gasteiger partial charge is 0.334 e. The van der Waals surface area contributed by atoms with Crippen LogP contribution in [0.5, 0.6) is 0 Å². The lowest BCUT2D eigenvalue weighted by Crippen LogP contribution is -2.28. The Balaban J connectivity index is 1.92. The second-order valence-corrected chi connectivity index (χ2v) is 4.65. The van der Waals surface area contributed by atoms with Gasteiger partial charge in [-0.25, -0.2) is 4.79 Å². The summed E-state index contributed by atoms with van der Waals surface area (Å²) in [6, 6.07) is 15.3. The van der Waals surface area contributed by atoms with Gasteiger partial charge in [-0.1, -0.05) is 36.4 Å². The van der Waals surface area contributed by atoms with Crippen molar-refractivity contribution < 1.29 is 4.79 Å². The molecule has 0 unspecified atom stereocenters. The van der Waals surface area contributed by atoms with Crippen LogP contribution in [-0.2, 0) is 13.1 Å². The third-order valence-electron chi connectivity index (χ3n) is 3.05. The summed E-state index contributed by atoms with van der Waals surface area (Å²) in [4.78, 5) is 11.8. The minimum Gasteiger partial charge on any atom is -0.334 e. The maximum atomic E-state index is 11.8. The van der Waals surface area contributed by atoms with E-state index < -0.39 is 0 Å². The Morgan fingerprint density at radius 3 is 2.55 bits per heavy atom. The molecule has 0 aliphatic heterocycles. The molecule has 2 aromatic rings. The number of aryl methyl sites for hydroxylation is 1. The lowest BCUT2D eigenvalue weighted by Gasteiger charge is -2.10. The SMILES string of the molecule is Cc1cccc(NC(=O)NCc2ccccc2CN)c1. The van der Waals surface area contributed by atoms with E-state index >= 15 is 0 Å². The van der Waals surface area contributed by atoms with Gasteiger partial charge in [-0.05, 0) is 35.7 Å². The number of carbonyl (C=O) groups is 1. The van der Waals surface area contributed by atoms with Gasteiger partial charge in [0.25, 0.3) is 0 Å². The van der Waals surface area contributed by atoms with Gasteiger partial charge in [-0.3, -0.25) is 0 Å². The standard InChI is InChI=1S/C16H19N3O/c1-12-5-4-8-15(9-12)19-16(20)18-11-14-7-3-2-6-13(14)10-17/h2-9H,10-11,17H2,1H3,(H2,18,19,20). The second-order valence-electron chi connectivity index (χ2n) is 4.65. The topological polar surface area (TPSA) is 67.2 Å². The molecule has 0 saturated carbocycles. The van der Waals surface area contributed by atoms with Gasteiger partial charge in [0.05, 0.1) is 0 Å². The van der Waals surface area contributed by atoms with Crippen molar-refractivity contribution >= 4 is 11.7 Å². The fourth-order valence-corrected chi connectivity index (χ4v) is 2.00. The molecule has 0 aliphatic carbocycles. The molecule has 0 bridgehead atoms. The van der Waals surface area contributed by atoms with Crippen LogP contribution in [0.2, 0.25) is 0 Å². The highest BCUT2D eigenvalue weighted by Gasteiger charge is 2.04. The van der Waals surface area contributed by atoms with Gasteiger partial charge in [0.15, 0.2) is 0 Å². The minimum absolute atomic E-state index is 0.220. The average molecular weight is 269 g/mol. The molecule has 4 N–H and O–H groups in total. The number of rotatable bonds is 4. The van der Waals surface area contributed by atoms with Crippen LogP contribution in [0, 0.1) is 6.92 Å². The molecule has 0 radical (unpaired) electrons. The number of amides is 2. The number of anilines is 1. The zero-order valence-electron chi connectivity index (χ0n) is 11.5. The van der Waals surface area contributed by atoms with Gasteiger partial charge in [0, 0.05) is 18.8 Å². The summed E-state index contributed by atoms with van der Waals surface area (Å²) in [6.07, 6.45) is 0. The van der Waals surface area contributed by atoms with Crippen LogP contribution in [0.1, 0.15) is 16.7 Å². The van der Waals surface area contributed by atoms with Crippen LogP contribution in [0.25, 0.3) is 0 Å². The van der Waals surface area contributed by atoms with E-state index in [4.69, 9.17) is 5.73 Å². The summed E-state index contributed by atoms with van der Waals surface area (Å²) in [5, 5.41) is 5.65. The van der Waals surface area contributed by atoms with Gasteiger partial charge in [0.1, 0.15) is 0 Å². The lowest BCUT2D eigenvalue weighted by molar-refractivity contribution is 0.251. The zero-order valence-corrected chi connectivity index (χ0v) is 11.5. The molecule has 0 atom stereocenters. The van der Waals surface area contributed by atoms with E-state index in [-0.39, 0.29) is 6.03 Å².